The highest BCUT2D eigenvalue weighted by atomic mass is 16.3. The third-order valence-electron chi connectivity index (χ3n) is 6.12. The summed E-state index contributed by atoms with van der Waals surface area (Å²) in [6.07, 6.45) is 3.65. The second-order valence-corrected chi connectivity index (χ2v) is 7.27. The first-order valence-electron chi connectivity index (χ1n) is 7.75. The van der Waals surface area contributed by atoms with Gasteiger partial charge in [0.2, 0.25) is 0 Å². The van der Waals surface area contributed by atoms with Crippen LogP contribution in [-0.2, 0) is 0 Å². The highest BCUT2D eigenvalue weighted by Crippen LogP contribution is 2.63. The number of phenolic OH excluding ortho intramolecular Hbond substituents is 1. The van der Waals surface area contributed by atoms with Gasteiger partial charge in [-0.2, -0.15) is 10.2 Å². The third kappa shape index (κ3) is 2.10. The van der Waals surface area contributed by atoms with Gasteiger partial charge in [0, 0.05) is 11.1 Å². The van der Waals surface area contributed by atoms with Crippen LogP contribution in [0.25, 0.3) is 0 Å². The summed E-state index contributed by atoms with van der Waals surface area (Å²) >= 11 is 0. The highest BCUT2D eigenvalue weighted by molar-refractivity contribution is 6.00. The van der Waals surface area contributed by atoms with Crippen LogP contribution in [0.1, 0.15) is 52.5 Å². The molecule has 2 atom stereocenters. The molecule has 1 aromatic rings. The van der Waals surface area contributed by atoms with Crippen molar-refractivity contribution in [3.63, 3.8) is 0 Å². The molecule has 2 bridgehead atoms. The normalized spacial score (nSPS) is 32.9. The molecule has 1 N–H and O–H groups in total. The van der Waals surface area contributed by atoms with Gasteiger partial charge in [0.15, 0.2) is 0 Å². The van der Waals surface area contributed by atoms with Gasteiger partial charge in [-0.3, -0.25) is 0 Å². The minimum atomic E-state index is 0.205. The Hall–Kier alpha value is -1.64. The van der Waals surface area contributed by atoms with Crippen LogP contribution in [0.5, 0.6) is 5.75 Å². The molecule has 0 heterocycles. The maximum Gasteiger partial charge on any atom is 0.115 e. The number of phenols is 1. The molecule has 0 aliphatic heterocycles. The Morgan fingerprint density at radius 2 is 1.86 bits per heavy atom. The molecule has 112 valence electrons. The molecule has 1 aromatic carbocycles. The topological polar surface area (TPSA) is 45.0 Å². The lowest BCUT2D eigenvalue weighted by Crippen LogP contribution is -2.32. The standard InChI is InChI=1S/C18H24N2O/c1-12(13-5-7-15(21)8-6-13)19-20-16-11-14-9-10-18(16,4)17(14,2)3/h5-8,14,21H,9-11H2,1-4H3/b19-12+,20-16-. The molecule has 0 aromatic heterocycles. The Kier molecular flexibility index (Phi) is 3.19. The van der Waals surface area contributed by atoms with Crippen molar-refractivity contribution >= 4 is 11.4 Å². The van der Waals surface area contributed by atoms with Gasteiger partial charge >= 0.3 is 0 Å². The number of fused-ring (bicyclic) bond motifs is 2. The minimum Gasteiger partial charge on any atom is -0.508 e. The molecule has 2 fully saturated rings. The fourth-order valence-corrected chi connectivity index (χ4v) is 3.98. The van der Waals surface area contributed by atoms with Crippen LogP contribution in [-0.4, -0.2) is 16.5 Å². The lowest BCUT2D eigenvalue weighted by molar-refractivity contribution is 0.194. The van der Waals surface area contributed by atoms with Crippen LogP contribution in [0, 0.1) is 16.7 Å². The average molecular weight is 284 g/mol. The van der Waals surface area contributed by atoms with E-state index in [9.17, 15) is 5.11 Å². The molecule has 2 aliphatic rings. The first kappa shape index (κ1) is 14.3. The van der Waals surface area contributed by atoms with Gasteiger partial charge in [-0.1, -0.05) is 20.8 Å². The minimum absolute atomic E-state index is 0.205. The zero-order chi connectivity index (χ0) is 15.3. The fourth-order valence-electron chi connectivity index (χ4n) is 3.98. The highest BCUT2D eigenvalue weighted by Gasteiger charge is 2.59. The van der Waals surface area contributed by atoms with E-state index >= 15 is 0 Å². The molecule has 2 aliphatic carbocycles. The first-order chi connectivity index (χ1) is 9.84. The van der Waals surface area contributed by atoms with Crippen molar-refractivity contribution < 1.29 is 5.11 Å². The Balaban J connectivity index is 1.87. The van der Waals surface area contributed by atoms with Gasteiger partial charge in [-0.15, -0.1) is 0 Å². The zero-order valence-corrected chi connectivity index (χ0v) is 13.3. The van der Waals surface area contributed by atoms with E-state index in [4.69, 9.17) is 0 Å². The molecular weight excluding hydrogens is 260 g/mol. The molecule has 3 rings (SSSR count). The van der Waals surface area contributed by atoms with Crippen LogP contribution < -0.4 is 0 Å². The summed E-state index contributed by atoms with van der Waals surface area (Å²) in [7, 11) is 0. The number of hydrogen-bond donors (Lipinski definition) is 1. The summed E-state index contributed by atoms with van der Waals surface area (Å²) in [5, 5.41) is 18.4. The third-order valence-corrected chi connectivity index (χ3v) is 6.12. The number of hydrogen-bond acceptors (Lipinski definition) is 3. The predicted molar refractivity (Wildman–Crippen MR) is 87.0 cm³/mol. The number of rotatable bonds is 2. The Bertz CT molecular complexity index is 613. The second-order valence-electron chi connectivity index (χ2n) is 7.27. The van der Waals surface area contributed by atoms with Crippen molar-refractivity contribution in [1.29, 1.82) is 0 Å². The van der Waals surface area contributed by atoms with Crippen molar-refractivity contribution in [2.45, 2.75) is 47.0 Å². The van der Waals surface area contributed by atoms with E-state index < -0.39 is 0 Å². The summed E-state index contributed by atoms with van der Waals surface area (Å²) in [4.78, 5) is 0. The van der Waals surface area contributed by atoms with Gasteiger partial charge in [0.1, 0.15) is 5.75 Å². The van der Waals surface area contributed by atoms with Crippen molar-refractivity contribution in [3.05, 3.63) is 29.8 Å². The zero-order valence-electron chi connectivity index (χ0n) is 13.3. The van der Waals surface area contributed by atoms with Crippen LogP contribution in [0.4, 0.5) is 0 Å². The van der Waals surface area contributed by atoms with Crippen LogP contribution in [0.3, 0.4) is 0 Å². The summed E-state index contributed by atoms with van der Waals surface area (Å²) in [6.45, 7) is 9.08. The molecule has 3 nitrogen and oxygen atoms in total. The lowest BCUT2D eigenvalue weighted by Gasteiger charge is -2.34. The molecular formula is C18H24N2O. The van der Waals surface area contributed by atoms with Crippen molar-refractivity contribution in [2.75, 3.05) is 0 Å². The molecule has 2 saturated carbocycles. The van der Waals surface area contributed by atoms with Crippen molar-refractivity contribution in [2.24, 2.45) is 27.0 Å². The summed E-state index contributed by atoms with van der Waals surface area (Å²) in [6, 6.07) is 7.12. The molecule has 2 unspecified atom stereocenters. The van der Waals surface area contributed by atoms with E-state index in [-0.39, 0.29) is 11.2 Å². The van der Waals surface area contributed by atoms with Gasteiger partial charge in [-0.05, 0) is 67.3 Å². The smallest absolute Gasteiger partial charge is 0.115 e. The predicted octanol–water partition coefficient (Wildman–Crippen LogP) is 4.40. The van der Waals surface area contributed by atoms with Crippen molar-refractivity contribution in [1.82, 2.24) is 0 Å². The maximum atomic E-state index is 9.34. The molecule has 0 saturated heterocycles. The number of benzene rings is 1. The van der Waals surface area contributed by atoms with Gasteiger partial charge in [-0.25, -0.2) is 0 Å². The monoisotopic (exact) mass is 284 g/mol. The number of nitrogens with zero attached hydrogens (tertiary/aromatic N) is 2. The van der Waals surface area contributed by atoms with Crippen LogP contribution in [0.2, 0.25) is 0 Å². The summed E-state index contributed by atoms with van der Waals surface area (Å²) < 4.78 is 0. The lowest BCUT2D eigenvalue weighted by atomic mass is 9.70. The van der Waals surface area contributed by atoms with Crippen molar-refractivity contribution in [3.8, 4) is 5.75 Å². The molecule has 0 radical (unpaired) electrons. The van der Waals surface area contributed by atoms with E-state index in [1.54, 1.807) is 12.1 Å². The van der Waals surface area contributed by atoms with Gasteiger partial charge in [0.25, 0.3) is 0 Å². The van der Waals surface area contributed by atoms with Gasteiger partial charge in [0.05, 0.1) is 5.71 Å². The average Bonchev–Trinajstić information content (AvgIpc) is 2.78. The van der Waals surface area contributed by atoms with E-state index in [1.165, 1.54) is 18.6 Å². The largest absolute Gasteiger partial charge is 0.508 e. The quantitative estimate of drug-likeness (QED) is 0.635. The molecule has 0 spiro atoms. The first-order valence-corrected chi connectivity index (χ1v) is 7.75. The summed E-state index contributed by atoms with van der Waals surface area (Å²) in [5.41, 5.74) is 3.71. The van der Waals surface area contributed by atoms with E-state index in [2.05, 4.69) is 31.0 Å². The Labute approximate surface area is 126 Å². The molecule has 3 heteroatoms. The Morgan fingerprint density at radius 1 is 1.19 bits per heavy atom. The van der Waals surface area contributed by atoms with Gasteiger partial charge < -0.3 is 5.11 Å². The van der Waals surface area contributed by atoms with E-state index in [0.29, 0.717) is 5.41 Å². The van der Waals surface area contributed by atoms with Crippen LogP contribution >= 0.6 is 0 Å². The maximum absolute atomic E-state index is 9.34. The van der Waals surface area contributed by atoms with E-state index in [0.717, 1.165) is 23.6 Å². The second kappa shape index (κ2) is 4.69. The number of aromatic hydroxyl groups is 1. The molecule has 0 amide bonds. The SMILES string of the molecule is C/C(=N\N=C1\CC2CCC1(C)C2(C)C)c1ccc(O)cc1. The van der Waals surface area contributed by atoms with Crippen LogP contribution in [0.15, 0.2) is 34.5 Å². The van der Waals surface area contributed by atoms with E-state index in [1.807, 2.05) is 19.1 Å². The summed E-state index contributed by atoms with van der Waals surface area (Å²) in [5.74, 6) is 1.03. The Morgan fingerprint density at radius 3 is 2.38 bits per heavy atom. The fraction of sp³-hybridized carbons (Fsp3) is 0.556. The molecule has 21 heavy (non-hydrogen) atoms.